The van der Waals surface area contributed by atoms with Crippen LogP contribution in [0.4, 0.5) is 8.78 Å². The minimum Gasteiger partial charge on any atom is -0.380 e. The normalized spacial score (nSPS) is 12.0. The molecule has 0 spiro atoms. The highest BCUT2D eigenvalue weighted by Crippen LogP contribution is 2.15. The first-order valence-electron chi connectivity index (χ1n) is 3.22. The number of hydrogen-bond acceptors (Lipinski definition) is 2. The van der Waals surface area contributed by atoms with E-state index in [1.54, 1.807) is 0 Å². The van der Waals surface area contributed by atoms with Crippen molar-refractivity contribution in [2.24, 2.45) is 5.73 Å². The lowest BCUT2D eigenvalue weighted by atomic mass is 10.3. The van der Waals surface area contributed by atoms with Crippen LogP contribution < -0.4 is 5.73 Å². The Morgan fingerprint density at radius 2 is 2.00 bits per heavy atom. The molecule has 0 bridgehead atoms. The Bertz CT molecular complexity index is 82.3. The zero-order valence-corrected chi connectivity index (χ0v) is 6.07. The van der Waals surface area contributed by atoms with Crippen LogP contribution in [0.5, 0.6) is 0 Å². The Balaban J connectivity index is 3.04. The van der Waals surface area contributed by atoms with E-state index in [2.05, 4.69) is 0 Å². The van der Waals surface area contributed by atoms with Crippen molar-refractivity contribution >= 4 is 0 Å². The molecule has 0 aliphatic rings. The van der Waals surface area contributed by atoms with Gasteiger partial charge in [0.1, 0.15) is 0 Å². The van der Waals surface area contributed by atoms with E-state index in [0.29, 0.717) is 13.2 Å². The molecule has 0 aromatic carbocycles. The molecule has 0 aliphatic carbocycles. The maximum atomic E-state index is 12.0. The summed E-state index contributed by atoms with van der Waals surface area (Å²) in [7, 11) is 0. The van der Waals surface area contributed by atoms with Gasteiger partial charge in [-0.25, -0.2) is 8.78 Å². The van der Waals surface area contributed by atoms with E-state index in [0.717, 1.165) is 6.92 Å². The van der Waals surface area contributed by atoms with Crippen LogP contribution in [0.2, 0.25) is 0 Å². The summed E-state index contributed by atoms with van der Waals surface area (Å²) >= 11 is 0. The first-order valence-corrected chi connectivity index (χ1v) is 3.22. The molecule has 0 saturated heterocycles. The topological polar surface area (TPSA) is 35.2 Å². The lowest BCUT2D eigenvalue weighted by molar-refractivity contribution is -0.0154. The van der Waals surface area contributed by atoms with Gasteiger partial charge in [-0.05, 0) is 6.92 Å². The number of ether oxygens (including phenoxy) is 1. The standard InChI is InChI=1S/C6H13F2NO/c1-6(7,8)2-4-10-5-3-9/h2-5,9H2,1H3. The third kappa shape index (κ3) is 7.78. The third-order valence-corrected chi connectivity index (χ3v) is 0.948. The van der Waals surface area contributed by atoms with Crippen molar-refractivity contribution in [3.05, 3.63) is 0 Å². The smallest absolute Gasteiger partial charge is 0.247 e. The maximum absolute atomic E-state index is 12.0. The molecule has 0 rings (SSSR count). The molecule has 0 heterocycles. The van der Waals surface area contributed by atoms with Crippen molar-refractivity contribution in [1.82, 2.24) is 0 Å². The van der Waals surface area contributed by atoms with Gasteiger partial charge in [0.05, 0.1) is 13.2 Å². The molecular weight excluding hydrogens is 140 g/mol. The molecule has 0 unspecified atom stereocenters. The maximum Gasteiger partial charge on any atom is 0.247 e. The summed E-state index contributed by atoms with van der Waals surface area (Å²) in [5.74, 6) is -2.62. The van der Waals surface area contributed by atoms with E-state index < -0.39 is 5.92 Å². The van der Waals surface area contributed by atoms with Gasteiger partial charge in [-0.2, -0.15) is 0 Å². The largest absolute Gasteiger partial charge is 0.380 e. The monoisotopic (exact) mass is 153 g/mol. The van der Waals surface area contributed by atoms with Gasteiger partial charge in [-0.3, -0.25) is 0 Å². The van der Waals surface area contributed by atoms with Crippen LogP contribution in [0.25, 0.3) is 0 Å². The zero-order valence-electron chi connectivity index (χ0n) is 6.07. The minimum absolute atomic E-state index is 0.0840. The fourth-order valence-electron chi connectivity index (χ4n) is 0.437. The Labute approximate surface area is 59.3 Å². The van der Waals surface area contributed by atoms with Gasteiger partial charge >= 0.3 is 0 Å². The molecule has 0 fully saturated rings. The van der Waals surface area contributed by atoms with Gasteiger partial charge in [-0.1, -0.05) is 0 Å². The SMILES string of the molecule is CC(F)(F)CCOCCN. The van der Waals surface area contributed by atoms with Crippen LogP contribution in [-0.2, 0) is 4.74 Å². The van der Waals surface area contributed by atoms with Crippen molar-refractivity contribution in [2.75, 3.05) is 19.8 Å². The van der Waals surface area contributed by atoms with E-state index >= 15 is 0 Å². The molecule has 0 aliphatic heterocycles. The van der Waals surface area contributed by atoms with E-state index in [9.17, 15) is 8.78 Å². The number of rotatable bonds is 5. The molecule has 0 saturated carbocycles. The molecule has 4 heteroatoms. The second-order valence-electron chi connectivity index (χ2n) is 2.22. The summed E-state index contributed by atoms with van der Waals surface area (Å²) in [6.45, 7) is 1.70. The summed E-state index contributed by atoms with van der Waals surface area (Å²) in [6, 6.07) is 0. The Morgan fingerprint density at radius 3 is 2.40 bits per heavy atom. The van der Waals surface area contributed by atoms with Crippen molar-refractivity contribution in [2.45, 2.75) is 19.3 Å². The number of hydrogen-bond donors (Lipinski definition) is 1. The van der Waals surface area contributed by atoms with E-state index in [4.69, 9.17) is 10.5 Å². The molecule has 0 radical (unpaired) electrons. The van der Waals surface area contributed by atoms with Gasteiger partial charge in [0.25, 0.3) is 0 Å². The van der Waals surface area contributed by atoms with Crippen molar-refractivity contribution in [1.29, 1.82) is 0 Å². The van der Waals surface area contributed by atoms with Crippen LogP contribution in [0.3, 0.4) is 0 Å². The molecule has 0 amide bonds. The number of nitrogens with two attached hydrogens (primary N) is 1. The minimum atomic E-state index is -2.62. The van der Waals surface area contributed by atoms with Crippen LogP contribution in [0.15, 0.2) is 0 Å². The summed E-state index contributed by atoms with van der Waals surface area (Å²) in [6.07, 6.45) is -0.229. The molecule has 0 atom stereocenters. The van der Waals surface area contributed by atoms with Crippen LogP contribution in [0.1, 0.15) is 13.3 Å². The fraction of sp³-hybridized carbons (Fsp3) is 1.00. The van der Waals surface area contributed by atoms with Crippen molar-refractivity contribution in [3.8, 4) is 0 Å². The highest BCUT2D eigenvalue weighted by atomic mass is 19.3. The Kier molecular flexibility index (Phi) is 4.47. The quantitative estimate of drug-likeness (QED) is 0.598. The summed E-state index contributed by atoms with van der Waals surface area (Å²) in [5.41, 5.74) is 5.07. The number of alkyl halides is 2. The second kappa shape index (κ2) is 4.57. The zero-order chi connectivity index (χ0) is 8.04. The fourth-order valence-corrected chi connectivity index (χ4v) is 0.437. The van der Waals surface area contributed by atoms with Gasteiger partial charge in [0.2, 0.25) is 5.92 Å². The van der Waals surface area contributed by atoms with Crippen molar-refractivity contribution < 1.29 is 13.5 Å². The molecule has 2 N–H and O–H groups in total. The predicted molar refractivity (Wildman–Crippen MR) is 35.1 cm³/mol. The Hall–Kier alpha value is -0.220. The lowest BCUT2D eigenvalue weighted by Crippen LogP contribution is -2.16. The lowest BCUT2D eigenvalue weighted by Gasteiger charge is -2.08. The molecule has 2 nitrogen and oxygen atoms in total. The van der Waals surface area contributed by atoms with Gasteiger partial charge in [-0.15, -0.1) is 0 Å². The van der Waals surface area contributed by atoms with Crippen LogP contribution in [-0.4, -0.2) is 25.7 Å². The average molecular weight is 153 g/mol. The van der Waals surface area contributed by atoms with E-state index in [1.165, 1.54) is 0 Å². The van der Waals surface area contributed by atoms with E-state index in [1.807, 2.05) is 0 Å². The third-order valence-electron chi connectivity index (χ3n) is 0.948. The molecule has 10 heavy (non-hydrogen) atoms. The van der Waals surface area contributed by atoms with E-state index in [-0.39, 0.29) is 13.0 Å². The highest BCUT2D eigenvalue weighted by Gasteiger charge is 2.19. The van der Waals surface area contributed by atoms with Crippen molar-refractivity contribution in [3.63, 3.8) is 0 Å². The first kappa shape index (κ1) is 9.78. The van der Waals surface area contributed by atoms with Gasteiger partial charge < -0.3 is 10.5 Å². The first-order chi connectivity index (χ1) is 4.56. The van der Waals surface area contributed by atoms with Gasteiger partial charge in [0, 0.05) is 13.0 Å². The molecule has 0 aromatic rings. The highest BCUT2D eigenvalue weighted by molar-refractivity contribution is 4.55. The van der Waals surface area contributed by atoms with Crippen LogP contribution >= 0.6 is 0 Å². The summed E-state index contributed by atoms with van der Waals surface area (Å²) in [4.78, 5) is 0. The van der Waals surface area contributed by atoms with Crippen LogP contribution in [0, 0.1) is 0 Å². The molecular formula is C6H13F2NO. The number of halogens is 2. The summed E-state index contributed by atoms with van der Waals surface area (Å²) in [5, 5.41) is 0. The predicted octanol–water partition coefficient (Wildman–Crippen LogP) is 1.01. The summed E-state index contributed by atoms with van der Waals surface area (Å²) < 4.78 is 28.8. The average Bonchev–Trinajstić information content (AvgIpc) is 1.78. The second-order valence-corrected chi connectivity index (χ2v) is 2.22. The Morgan fingerprint density at radius 1 is 1.40 bits per heavy atom. The van der Waals surface area contributed by atoms with Gasteiger partial charge in [0.15, 0.2) is 0 Å². The molecule has 0 aromatic heterocycles. The molecule has 62 valence electrons.